The minimum atomic E-state index is -0.636. The van der Waals surface area contributed by atoms with Gasteiger partial charge in [0.1, 0.15) is 11.5 Å². The van der Waals surface area contributed by atoms with Gasteiger partial charge in [0, 0.05) is 13.0 Å². The smallest absolute Gasteiger partial charge is 0.311 e. The second-order valence-corrected chi connectivity index (χ2v) is 6.31. The van der Waals surface area contributed by atoms with Crippen molar-refractivity contribution < 1.29 is 28.6 Å². The first-order chi connectivity index (χ1) is 13.5. The number of hydrogen-bond acceptors (Lipinski definition) is 6. The van der Waals surface area contributed by atoms with Crippen LogP contribution in [0.2, 0.25) is 0 Å². The molecule has 1 aliphatic rings. The number of ether oxygens (including phenoxy) is 3. The number of methoxy groups -OCH3 is 2. The number of esters is 1. The molecule has 1 heterocycles. The number of benzene rings is 2. The van der Waals surface area contributed by atoms with Crippen LogP contribution >= 0.6 is 0 Å². The summed E-state index contributed by atoms with van der Waals surface area (Å²) in [7, 11) is 2.99. The molecule has 0 radical (unpaired) electrons. The summed E-state index contributed by atoms with van der Waals surface area (Å²) in [5, 5.41) is 0. The molecule has 2 aromatic carbocycles. The molecule has 1 saturated heterocycles. The van der Waals surface area contributed by atoms with E-state index in [0.29, 0.717) is 22.7 Å². The Morgan fingerprint density at radius 1 is 1.00 bits per heavy atom. The number of hydrogen-bond donors (Lipinski definition) is 0. The number of ketones is 1. The Hall–Kier alpha value is -3.35. The Morgan fingerprint density at radius 2 is 1.64 bits per heavy atom. The summed E-state index contributed by atoms with van der Waals surface area (Å²) in [4.78, 5) is 38.6. The number of nitrogens with zero attached hydrogens (tertiary/aromatic N) is 1. The molecule has 0 saturated carbocycles. The Bertz CT molecular complexity index is 894. The SMILES string of the molecule is COc1ccccc1C(=O)COC(=O)[C@@H]1CC(=O)N(c2ccccc2OC)C1. The lowest BCUT2D eigenvalue weighted by Crippen LogP contribution is -2.27. The molecule has 0 bridgehead atoms. The molecule has 0 aliphatic carbocycles. The second kappa shape index (κ2) is 8.56. The summed E-state index contributed by atoms with van der Waals surface area (Å²) in [6.45, 7) is -0.223. The van der Waals surface area contributed by atoms with Crippen LogP contribution in [0.5, 0.6) is 11.5 Å². The fraction of sp³-hybridized carbons (Fsp3) is 0.286. The number of carbonyl (C=O) groups excluding carboxylic acids is 3. The van der Waals surface area contributed by atoms with E-state index in [-0.39, 0.29) is 24.7 Å². The fourth-order valence-corrected chi connectivity index (χ4v) is 3.16. The first kappa shape index (κ1) is 19.4. The number of rotatable bonds is 7. The van der Waals surface area contributed by atoms with Gasteiger partial charge in [-0.05, 0) is 24.3 Å². The van der Waals surface area contributed by atoms with Crippen LogP contribution in [-0.4, -0.2) is 45.0 Å². The van der Waals surface area contributed by atoms with E-state index in [0.717, 1.165) is 0 Å². The Balaban J connectivity index is 1.63. The summed E-state index contributed by atoms with van der Waals surface area (Å²) in [6, 6.07) is 13.8. The number of para-hydroxylation sites is 3. The van der Waals surface area contributed by atoms with Gasteiger partial charge < -0.3 is 19.1 Å². The van der Waals surface area contributed by atoms with Gasteiger partial charge in [0.2, 0.25) is 11.7 Å². The van der Waals surface area contributed by atoms with Crippen LogP contribution in [0.1, 0.15) is 16.8 Å². The summed E-state index contributed by atoms with van der Waals surface area (Å²) < 4.78 is 15.6. The first-order valence-corrected chi connectivity index (χ1v) is 8.81. The van der Waals surface area contributed by atoms with Crippen LogP contribution < -0.4 is 14.4 Å². The Morgan fingerprint density at radius 3 is 2.36 bits per heavy atom. The zero-order chi connectivity index (χ0) is 20.1. The van der Waals surface area contributed by atoms with E-state index < -0.39 is 18.5 Å². The van der Waals surface area contributed by atoms with Crippen molar-refractivity contribution in [2.75, 3.05) is 32.3 Å². The maximum atomic E-state index is 12.4. The second-order valence-electron chi connectivity index (χ2n) is 6.31. The molecule has 7 heteroatoms. The summed E-state index contributed by atoms with van der Waals surface area (Å²) in [6.07, 6.45) is 0.0275. The molecule has 146 valence electrons. The highest BCUT2D eigenvalue weighted by Crippen LogP contribution is 2.33. The lowest BCUT2D eigenvalue weighted by Gasteiger charge is -2.19. The summed E-state index contributed by atoms with van der Waals surface area (Å²) >= 11 is 0. The first-order valence-electron chi connectivity index (χ1n) is 8.81. The third kappa shape index (κ3) is 3.98. The van der Waals surface area contributed by atoms with Crippen molar-refractivity contribution in [3.63, 3.8) is 0 Å². The molecule has 0 unspecified atom stereocenters. The van der Waals surface area contributed by atoms with Gasteiger partial charge in [-0.2, -0.15) is 0 Å². The van der Waals surface area contributed by atoms with Gasteiger partial charge in [-0.1, -0.05) is 24.3 Å². The fourth-order valence-electron chi connectivity index (χ4n) is 3.16. The van der Waals surface area contributed by atoms with E-state index in [4.69, 9.17) is 14.2 Å². The van der Waals surface area contributed by atoms with Crippen LogP contribution in [0, 0.1) is 5.92 Å². The maximum absolute atomic E-state index is 12.4. The van der Waals surface area contributed by atoms with Crippen molar-refractivity contribution in [1.82, 2.24) is 0 Å². The Kier molecular flexibility index (Phi) is 5.93. The molecule has 7 nitrogen and oxygen atoms in total. The van der Waals surface area contributed by atoms with E-state index in [1.54, 1.807) is 48.5 Å². The predicted molar refractivity (Wildman–Crippen MR) is 102 cm³/mol. The molecule has 0 N–H and O–H groups in total. The van der Waals surface area contributed by atoms with Crippen molar-refractivity contribution in [3.05, 3.63) is 54.1 Å². The molecule has 1 amide bonds. The molecular formula is C21H21NO6. The molecule has 2 aromatic rings. The zero-order valence-electron chi connectivity index (χ0n) is 15.7. The van der Waals surface area contributed by atoms with E-state index in [2.05, 4.69) is 0 Å². The predicted octanol–water partition coefficient (Wildman–Crippen LogP) is 2.48. The minimum Gasteiger partial charge on any atom is -0.496 e. The third-order valence-corrected chi connectivity index (χ3v) is 4.59. The van der Waals surface area contributed by atoms with Crippen LogP contribution in [0.4, 0.5) is 5.69 Å². The minimum absolute atomic E-state index is 0.0275. The normalized spacial score (nSPS) is 16.0. The van der Waals surface area contributed by atoms with Crippen molar-refractivity contribution >= 4 is 23.3 Å². The van der Waals surface area contributed by atoms with Gasteiger partial charge in [0.15, 0.2) is 6.61 Å². The lowest BCUT2D eigenvalue weighted by molar-refractivity contribution is -0.147. The Labute approximate surface area is 162 Å². The number of anilines is 1. The standard InChI is InChI=1S/C21H21NO6/c1-26-18-9-5-3-7-15(18)17(23)13-28-21(25)14-11-20(24)22(12-14)16-8-4-6-10-19(16)27-2/h3-10,14H,11-13H2,1-2H3/t14-/m1/s1. The quantitative estimate of drug-likeness (QED) is 0.540. The van der Waals surface area contributed by atoms with E-state index in [9.17, 15) is 14.4 Å². The molecule has 28 heavy (non-hydrogen) atoms. The van der Waals surface area contributed by atoms with Crippen molar-refractivity contribution in [2.24, 2.45) is 5.92 Å². The third-order valence-electron chi connectivity index (χ3n) is 4.59. The highest BCUT2D eigenvalue weighted by Gasteiger charge is 2.37. The topological polar surface area (TPSA) is 82.1 Å². The molecule has 0 spiro atoms. The number of amides is 1. The van der Waals surface area contributed by atoms with E-state index >= 15 is 0 Å². The number of Topliss-reactive ketones (excluding diaryl/α,β-unsaturated/α-hetero) is 1. The van der Waals surface area contributed by atoms with Crippen LogP contribution in [0.3, 0.4) is 0 Å². The van der Waals surface area contributed by atoms with Crippen molar-refractivity contribution in [1.29, 1.82) is 0 Å². The molecule has 1 aliphatic heterocycles. The van der Waals surface area contributed by atoms with Crippen LogP contribution in [0.15, 0.2) is 48.5 Å². The summed E-state index contributed by atoms with van der Waals surface area (Å²) in [5.74, 6) is -0.797. The average molecular weight is 383 g/mol. The molecule has 1 fully saturated rings. The van der Waals surface area contributed by atoms with E-state index in [1.807, 2.05) is 0 Å². The molecule has 1 atom stereocenters. The van der Waals surface area contributed by atoms with Crippen molar-refractivity contribution in [2.45, 2.75) is 6.42 Å². The zero-order valence-corrected chi connectivity index (χ0v) is 15.7. The number of carbonyl (C=O) groups is 3. The van der Waals surface area contributed by atoms with Gasteiger partial charge in [-0.15, -0.1) is 0 Å². The van der Waals surface area contributed by atoms with Gasteiger partial charge in [0.05, 0.1) is 31.4 Å². The summed E-state index contributed by atoms with van der Waals surface area (Å²) in [5.41, 5.74) is 0.950. The highest BCUT2D eigenvalue weighted by atomic mass is 16.5. The van der Waals surface area contributed by atoms with E-state index in [1.165, 1.54) is 19.1 Å². The highest BCUT2D eigenvalue weighted by molar-refractivity contribution is 6.02. The largest absolute Gasteiger partial charge is 0.496 e. The lowest BCUT2D eigenvalue weighted by atomic mass is 10.1. The van der Waals surface area contributed by atoms with Gasteiger partial charge >= 0.3 is 5.97 Å². The van der Waals surface area contributed by atoms with Crippen molar-refractivity contribution in [3.8, 4) is 11.5 Å². The molecule has 3 rings (SSSR count). The van der Waals surface area contributed by atoms with Crippen LogP contribution in [-0.2, 0) is 14.3 Å². The maximum Gasteiger partial charge on any atom is 0.311 e. The van der Waals surface area contributed by atoms with Gasteiger partial charge in [-0.25, -0.2) is 0 Å². The van der Waals surface area contributed by atoms with Gasteiger partial charge in [-0.3, -0.25) is 14.4 Å². The monoisotopic (exact) mass is 383 g/mol. The average Bonchev–Trinajstić information content (AvgIpc) is 3.13. The molecular weight excluding hydrogens is 362 g/mol. The van der Waals surface area contributed by atoms with Gasteiger partial charge in [0.25, 0.3) is 0 Å². The molecule has 0 aromatic heterocycles. The van der Waals surface area contributed by atoms with Crippen LogP contribution in [0.25, 0.3) is 0 Å².